The summed E-state index contributed by atoms with van der Waals surface area (Å²) in [4.78, 5) is 41.9. The fourth-order valence-corrected chi connectivity index (χ4v) is 3.51. The molecule has 1 aliphatic heterocycles. The lowest BCUT2D eigenvalue weighted by molar-refractivity contribution is -0.135. The second kappa shape index (κ2) is 10.4. The molecule has 8 nitrogen and oxygen atoms in total. The molecule has 0 spiro atoms. The minimum absolute atomic E-state index is 0.216. The summed E-state index contributed by atoms with van der Waals surface area (Å²) in [5.41, 5.74) is 0.548. The average Bonchev–Trinajstić information content (AvgIpc) is 2.81. The highest BCUT2D eigenvalue weighted by molar-refractivity contribution is 5.98. The monoisotopic (exact) mass is 453 g/mol. The number of piperazine rings is 1. The van der Waals surface area contributed by atoms with Gasteiger partial charge in [-0.1, -0.05) is 30.3 Å². The summed E-state index contributed by atoms with van der Waals surface area (Å²) in [7, 11) is 1.56. The van der Waals surface area contributed by atoms with E-state index < -0.39 is 11.6 Å². The van der Waals surface area contributed by atoms with Gasteiger partial charge in [-0.05, 0) is 50.6 Å². The minimum atomic E-state index is -0.839. The lowest BCUT2D eigenvalue weighted by Crippen LogP contribution is -2.54. The van der Waals surface area contributed by atoms with Gasteiger partial charge in [0, 0.05) is 31.7 Å². The van der Waals surface area contributed by atoms with Gasteiger partial charge in [0.05, 0.1) is 7.11 Å². The molecule has 3 rings (SSSR count). The number of hydrogen-bond acceptors (Lipinski definition) is 5. The summed E-state index contributed by atoms with van der Waals surface area (Å²) in [5.74, 6) is 0.0734. The number of methoxy groups -OCH3 is 1. The normalized spacial score (nSPS) is 14.9. The standard InChI is InChI=1S/C25H31N3O5/c1-25(2,3)33-24(31)28-16-14-27(15-17-28)23(30)21(18-8-6-5-7-9-18)26-22(29)19-10-12-20(32-4)13-11-19/h5-13,21H,14-17H2,1-4H3,(H,26,29)/t21-/m1/s1. The summed E-state index contributed by atoms with van der Waals surface area (Å²) in [6.07, 6.45) is -0.387. The van der Waals surface area contributed by atoms with Gasteiger partial charge in [0.15, 0.2) is 0 Å². The first kappa shape index (κ1) is 24.1. The molecular weight excluding hydrogens is 422 g/mol. The average molecular weight is 454 g/mol. The molecule has 1 fully saturated rings. The lowest BCUT2D eigenvalue weighted by Gasteiger charge is -2.37. The van der Waals surface area contributed by atoms with Crippen molar-refractivity contribution in [1.82, 2.24) is 15.1 Å². The lowest BCUT2D eigenvalue weighted by atomic mass is 10.0. The highest BCUT2D eigenvalue weighted by Gasteiger charge is 2.32. The Morgan fingerprint density at radius 3 is 2.00 bits per heavy atom. The van der Waals surface area contributed by atoms with Gasteiger partial charge in [0.1, 0.15) is 17.4 Å². The van der Waals surface area contributed by atoms with Gasteiger partial charge >= 0.3 is 6.09 Å². The van der Waals surface area contributed by atoms with Crippen molar-refractivity contribution >= 4 is 17.9 Å². The third-order valence-electron chi connectivity index (χ3n) is 5.25. The molecule has 176 valence electrons. The van der Waals surface area contributed by atoms with Crippen molar-refractivity contribution in [1.29, 1.82) is 0 Å². The first-order chi connectivity index (χ1) is 15.7. The fourth-order valence-electron chi connectivity index (χ4n) is 3.51. The Morgan fingerprint density at radius 2 is 1.45 bits per heavy atom. The molecule has 33 heavy (non-hydrogen) atoms. The Bertz CT molecular complexity index is 962. The third kappa shape index (κ3) is 6.47. The number of hydrogen-bond donors (Lipinski definition) is 1. The van der Waals surface area contributed by atoms with Crippen molar-refractivity contribution in [3.05, 3.63) is 65.7 Å². The number of nitrogens with one attached hydrogen (secondary N) is 1. The first-order valence-electron chi connectivity index (χ1n) is 10.9. The van der Waals surface area contributed by atoms with Gasteiger partial charge < -0.3 is 24.6 Å². The van der Waals surface area contributed by atoms with Crippen molar-refractivity contribution in [2.75, 3.05) is 33.3 Å². The maximum Gasteiger partial charge on any atom is 0.410 e. The number of nitrogens with zero attached hydrogens (tertiary/aromatic N) is 2. The second-order valence-electron chi connectivity index (χ2n) is 8.84. The van der Waals surface area contributed by atoms with Crippen LogP contribution >= 0.6 is 0 Å². The Morgan fingerprint density at radius 1 is 0.879 bits per heavy atom. The van der Waals surface area contributed by atoms with Crippen LogP contribution in [-0.4, -0.2) is 66.6 Å². The molecule has 1 N–H and O–H groups in total. The van der Waals surface area contributed by atoms with Crippen molar-refractivity contribution < 1.29 is 23.9 Å². The van der Waals surface area contributed by atoms with Crippen molar-refractivity contribution in [2.24, 2.45) is 0 Å². The summed E-state index contributed by atoms with van der Waals surface area (Å²) < 4.78 is 10.6. The van der Waals surface area contributed by atoms with E-state index in [1.807, 2.05) is 51.1 Å². The summed E-state index contributed by atoms with van der Waals surface area (Å²) in [6.45, 7) is 6.92. The van der Waals surface area contributed by atoms with E-state index in [9.17, 15) is 14.4 Å². The van der Waals surface area contributed by atoms with Gasteiger partial charge in [-0.15, -0.1) is 0 Å². The summed E-state index contributed by atoms with van der Waals surface area (Å²) in [6, 6.07) is 15.0. The molecule has 2 aromatic rings. The van der Waals surface area contributed by atoms with E-state index >= 15 is 0 Å². The first-order valence-corrected chi connectivity index (χ1v) is 10.9. The Balaban J connectivity index is 1.70. The molecule has 0 aromatic heterocycles. The van der Waals surface area contributed by atoms with Crippen LogP contribution in [0.1, 0.15) is 42.7 Å². The van der Waals surface area contributed by atoms with E-state index in [0.717, 1.165) is 0 Å². The van der Waals surface area contributed by atoms with Crippen LogP contribution in [0.2, 0.25) is 0 Å². The minimum Gasteiger partial charge on any atom is -0.497 e. The predicted octanol–water partition coefficient (Wildman–Crippen LogP) is 3.25. The van der Waals surface area contributed by atoms with Crippen LogP contribution in [0, 0.1) is 0 Å². The van der Waals surface area contributed by atoms with E-state index in [0.29, 0.717) is 43.1 Å². The van der Waals surface area contributed by atoms with Crippen LogP contribution < -0.4 is 10.1 Å². The maximum absolute atomic E-state index is 13.4. The van der Waals surface area contributed by atoms with Crippen LogP contribution in [0.4, 0.5) is 4.79 Å². The topological polar surface area (TPSA) is 88.2 Å². The molecule has 0 unspecified atom stereocenters. The second-order valence-corrected chi connectivity index (χ2v) is 8.84. The molecule has 2 aromatic carbocycles. The maximum atomic E-state index is 13.4. The molecule has 1 saturated heterocycles. The number of carbonyl (C=O) groups excluding carboxylic acids is 3. The number of rotatable bonds is 5. The Hall–Kier alpha value is -3.55. The predicted molar refractivity (Wildman–Crippen MR) is 124 cm³/mol. The molecule has 0 radical (unpaired) electrons. The van der Waals surface area contributed by atoms with Gasteiger partial charge in [0.2, 0.25) is 5.91 Å². The molecule has 0 saturated carbocycles. The van der Waals surface area contributed by atoms with Crippen LogP contribution in [0.25, 0.3) is 0 Å². The molecule has 0 bridgehead atoms. The largest absolute Gasteiger partial charge is 0.497 e. The van der Waals surface area contributed by atoms with Gasteiger partial charge in [-0.3, -0.25) is 9.59 Å². The highest BCUT2D eigenvalue weighted by Crippen LogP contribution is 2.20. The fraction of sp³-hybridized carbons (Fsp3) is 0.400. The third-order valence-corrected chi connectivity index (χ3v) is 5.25. The molecule has 1 aliphatic rings. The van der Waals surface area contributed by atoms with Crippen molar-refractivity contribution in [2.45, 2.75) is 32.4 Å². The summed E-state index contributed by atoms with van der Waals surface area (Å²) in [5, 5.41) is 2.87. The zero-order chi connectivity index (χ0) is 24.0. The smallest absolute Gasteiger partial charge is 0.410 e. The highest BCUT2D eigenvalue weighted by atomic mass is 16.6. The van der Waals surface area contributed by atoms with Crippen molar-refractivity contribution in [3.63, 3.8) is 0 Å². The number of ether oxygens (including phenoxy) is 2. The molecule has 1 atom stereocenters. The zero-order valence-electron chi connectivity index (χ0n) is 19.5. The van der Waals surface area contributed by atoms with Crippen LogP contribution in [0.5, 0.6) is 5.75 Å². The molecule has 8 heteroatoms. The SMILES string of the molecule is COc1ccc(C(=O)N[C@@H](C(=O)N2CCN(C(=O)OC(C)(C)C)CC2)c2ccccc2)cc1. The summed E-state index contributed by atoms with van der Waals surface area (Å²) >= 11 is 0. The number of amides is 3. The number of carbonyl (C=O) groups is 3. The van der Waals surface area contributed by atoms with Gasteiger partial charge in [0.25, 0.3) is 5.91 Å². The van der Waals surface area contributed by atoms with E-state index in [-0.39, 0.29) is 17.9 Å². The van der Waals surface area contributed by atoms with E-state index in [1.54, 1.807) is 41.2 Å². The van der Waals surface area contributed by atoms with Crippen LogP contribution in [0.15, 0.2) is 54.6 Å². The molecule has 1 heterocycles. The van der Waals surface area contributed by atoms with E-state index in [1.165, 1.54) is 0 Å². The van der Waals surface area contributed by atoms with E-state index in [2.05, 4.69) is 5.32 Å². The van der Waals surface area contributed by atoms with Crippen LogP contribution in [0.3, 0.4) is 0 Å². The number of benzene rings is 2. The van der Waals surface area contributed by atoms with E-state index in [4.69, 9.17) is 9.47 Å². The molecule has 3 amide bonds. The Labute approximate surface area is 194 Å². The molecular formula is C25H31N3O5. The van der Waals surface area contributed by atoms with Crippen LogP contribution in [-0.2, 0) is 9.53 Å². The van der Waals surface area contributed by atoms with Gasteiger partial charge in [-0.2, -0.15) is 0 Å². The quantitative estimate of drug-likeness (QED) is 0.751. The molecule has 0 aliphatic carbocycles. The zero-order valence-corrected chi connectivity index (χ0v) is 19.5. The Kier molecular flexibility index (Phi) is 7.58. The van der Waals surface area contributed by atoms with Crippen molar-refractivity contribution in [3.8, 4) is 5.75 Å². The van der Waals surface area contributed by atoms with Gasteiger partial charge in [-0.25, -0.2) is 4.79 Å².